The van der Waals surface area contributed by atoms with Crippen LogP contribution in [0, 0.1) is 6.92 Å². The average molecular weight is 494 g/mol. The number of methoxy groups -OCH3 is 1. The second-order valence-electron chi connectivity index (χ2n) is 8.72. The zero-order valence-corrected chi connectivity index (χ0v) is 21.5. The van der Waals surface area contributed by atoms with Crippen molar-refractivity contribution in [2.24, 2.45) is 0 Å². The number of carbonyl (C=O) groups is 1. The van der Waals surface area contributed by atoms with E-state index in [1.807, 2.05) is 56.5 Å². The Balaban J connectivity index is 1.54. The molecule has 5 heteroatoms. The Bertz CT molecular complexity index is 1610. The van der Waals surface area contributed by atoms with Gasteiger partial charge in [-0.2, -0.15) is 0 Å². The van der Waals surface area contributed by atoms with Crippen LogP contribution in [-0.2, 0) is 4.79 Å². The van der Waals surface area contributed by atoms with E-state index in [9.17, 15) is 4.79 Å². The van der Waals surface area contributed by atoms with E-state index < -0.39 is 0 Å². The number of rotatable bonds is 6. The number of amides is 1. The topological polar surface area (TPSA) is 51.5 Å². The molecule has 1 amide bonds. The molecule has 0 aliphatic carbocycles. The summed E-state index contributed by atoms with van der Waals surface area (Å²) in [5.41, 5.74) is 6.20. The van der Waals surface area contributed by atoms with E-state index in [1.165, 1.54) is 10.8 Å². The molecule has 0 spiro atoms. The van der Waals surface area contributed by atoms with Gasteiger partial charge in [-0.15, -0.1) is 11.8 Å². The molecule has 0 unspecified atom stereocenters. The second-order valence-corrected chi connectivity index (χ2v) is 9.60. The minimum absolute atomic E-state index is 0.189. The first-order valence-corrected chi connectivity index (χ1v) is 12.9. The predicted octanol–water partition coefficient (Wildman–Crippen LogP) is 8.33. The molecule has 1 N–H and O–H groups in total. The molecule has 4 aromatic carbocycles. The number of fused-ring (bicyclic) bond motifs is 2. The first-order valence-electron chi connectivity index (χ1n) is 11.7. The van der Waals surface area contributed by atoms with Crippen molar-refractivity contribution in [1.82, 2.24) is 0 Å². The standard InChI is InChI=1S/C31H27NO3S/c1-19(15-29(33)32-24-11-13-25(36-4)14-12-24)26-17-27-28(18-35-31(27)20(2)30(26)34-3)23-10-9-21-7-5-6-8-22(21)16-23/h5-18H,1-4H3,(H,32,33)/b19-15+. The van der Waals surface area contributed by atoms with Crippen LogP contribution in [0.3, 0.4) is 0 Å². The van der Waals surface area contributed by atoms with Gasteiger partial charge in [-0.3, -0.25) is 4.79 Å². The van der Waals surface area contributed by atoms with Gasteiger partial charge < -0.3 is 14.5 Å². The van der Waals surface area contributed by atoms with Crippen molar-refractivity contribution in [1.29, 1.82) is 0 Å². The lowest BCUT2D eigenvalue weighted by molar-refractivity contribution is -0.111. The summed E-state index contributed by atoms with van der Waals surface area (Å²) in [7, 11) is 1.64. The molecule has 0 aliphatic heterocycles. The number of nitrogens with one attached hydrogen (secondary N) is 1. The maximum atomic E-state index is 12.8. The monoisotopic (exact) mass is 493 g/mol. The third kappa shape index (κ3) is 4.50. The van der Waals surface area contributed by atoms with E-state index in [0.29, 0.717) is 5.75 Å². The van der Waals surface area contributed by atoms with E-state index in [1.54, 1.807) is 31.2 Å². The van der Waals surface area contributed by atoms with Gasteiger partial charge in [0.15, 0.2) is 0 Å². The molecule has 0 atom stereocenters. The van der Waals surface area contributed by atoms with Crippen molar-refractivity contribution >= 4 is 50.7 Å². The predicted molar refractivity (Wildman–Crippen MR) is 151 cm³/mol. The number of carbonyl (C=O) groups excluding carboxylic acids is 1. The molecule has 0 fully saturated rings. The zero-order chi connectivity index (χ0) is 25.2. The van der Waals surface area contributed by atoms with Crippen LogP contribution in [0.5, 0.6) is 5.75 Å². The highest BCUT2D eigenvalue weighted by Gasteiger charge is 2.19. The number of benzene rings is 4. The Morgan fingerprint density at radius 2 is 1.75 bits per heavy atom. The van der Waals surface area contributed by atoms with Gasteiger partial charge in [-0.25, -0.2) is 0 Å². The van der Waals surface area contributed by atoms with Crippen LogP contribution in [0.25, 0.3) is 38.4 Å². The van der Waals surface area contributed by atoms with E-state index in [4.69, 9.17) is 9.15 Å². The minimum Gasteiger partial charge on any atom is -0.496 e. The van der Waals surface area contributed by atoms with Crippen molar-refractivity contribution in [2.45, 2.75) is 18.7 Å². The molecule has 5 rings (SSSR count). The van der Waals surface area contributed by atoms with Gasteiger partial charge in [0.1, 0.15) is 11.3 Å². The Kier molecular flexibility index (Phi) is 6.57. The average Bonchev–Trinajstić information content (AvgIpc) is 3.33. The van der Waals surface area contributed by atoms with Crippen molar-refractivity contribution < 1.29 is 13.9 Å². The summed E-state index contributed by atoms with van der Waals surface area (Å²) in [5.74, 6) is 0.513. The number of furan rings is 1. The van der Waals surface area contributed by atoms with Crippen LogP contribution >= 0.6 is 11.8 Å². The largest absolute Gasteiger partial charge is 0.496 e. The van der Waals surface area contributed by atoms with Gasteiger partial charge in [0.05, 0.1) is 13.4 Å². The van der Waals surface area contributed by atoms with Crippen LogP contribution in [0.1, 0.15) is 18.1 Å². The number of anilines is 1. The first kappa shape index (κ1) is 23.8. The summed E-state index contributed by atoms with van der Waals surface area (Å²) < 4.78 is 11.8. The molecule has 0 saturated heterocycles. The Morgan fingerprint density at radius 1 is 1.00 bits per heavy atom. The number of hydrogen-bond acceptors (Lipinski definition) is 4. The van der Waals surface area contributed by atoms with Gasteiger partial charge in [-0.1, -0.05) is 36.4 Å². The van der Waals surface area contributed by atoms with Gasteiger partial charge in [0.25, 0.3) is 0 Å². The van der Waals surface area contributed by atoms with Crippen LogP contribution in [0.2, 0.25) is 0 Å². The van der Waals surface area contributed by atoms with Crippen LogP contribution in [0.15, 0.2) is 94.4 Å². The molecule has 36 heavy (non-hydrogen) atoms. The Morgan fingerprint density at radius 3 is 2.47 bits per heavy atom. The zero-order valence-electron chi connectivity index (χ0n) is 20.7. The summed E-state index contributed by atoms with van der Waals surface area (Å²) in [5, 5.41) is 6.30. The molecular weight excluding hydrogens is 466 g/mol. The third-order valence-corrected chi connectivity index (χ3v) is 7.18. The lowest BCUT2D eigenvalue weighted by Crippen LogP contribution is -2.08. The van der Waals surface area contributed by atoms with Crippen LogP contribution in [0.4, 0.5) is 5.69 Å². The highest BCUT2D eigenvalue weighted by molar-refractivity contribution is 7.98. The van der Waals surface area contributed by atoms with Gasteiger partial charge in [0.2, 0.25) is 5.91 Å². The van der Waals surface area contributed by atoms with E-state index in [-0.39, 0.29) is 5.91 Å². The molecule has 1 heterocycles. The maximum Gasteiger partial charge on any atom is 0.248 e. The SMILES string of the molecule is COc1c(/C(C)=C/C(=O)Nc2ccc(SC)cc2)cc2c(-c3ccc4ccccc4c3)coc2c1C. The van der Waals surface area contributed by atoms with Crippen LogP contribution in [-0.4, -0.2) is 19.3 Å². The van der Waals surface area contributed by atoms with E-state index in [0.717, 1.165) is 49.4 Å². The number of thioether (sulfide) groups is 1. The van der Waals surface area contributed by atoms with E-state index >= 15 is 0 Å². The number of aryl methyl sites for hydroxylation is 1. The summed E-state index contributed by atoms with van der Waals surface area (Å²) in [6.07, 6.45) is 5.44. The van der Waals surface area contributed by atoms with Crippen molar-refractivity contribution in [3.8, 4) is 16.9 Å². The van der Waals surface area contributed by atoms with Crippen molar-refractivity contribution in [2.75, 3.05) is 18.7 Å². The lowest BCUT2D eigenvalue weighted by atomic mass is 9.95. The summed E-state index contributed by atoms with van der Waals surface area (Å²) in [6.45, 7) is 3.91. The molecule has 4 nitrogen and oxygen atoms in total. The normalized spacial score (nSPS) is 11.7. The molecule has 5 aromatic rings. The molecule has 0 radical (unpaired) electrons. The highest BCUT2D eigenvalue weighted by Crippen LogP contribution is 2.41. The fraction of sp³-hybridized carbons (Fsp3) is 0.129. The quantitative estimate of drug-likeness (QED) is 0.191. The molecule has 0 bridgehead atoms. The Labute approximate surface area is 215 Å². The van der Waals surface area contributed by atoms with Gasteiger partial charge in [-0.05, 0) is 78.4 Å². The lowest BCUT2D eigenvalue weighted by Gasteiger charge is -2.13. The smallest absolute Gasteiger partial charge is 0.248 e. The molecule has 0 aliphatic rings. The third-order valence-electron chi connectivity index (χ3n) is 6.44. The van der Waals surface area contributed by atoms with Crippen molar-refractivity contribution in [3.05, 3.63) is 96.3 Å². The Hall–Kier alpha value is -3.96. The van der Waals surface area contributed by atoms with E-state index in [2.05, 4.69) is 41.7 Å². The van der Waals surface area contributed by atoms with Gasteiger partial charge >= 0.3 is 0 Å². The molecule has 0 saturated carbocycles. The summed E-state index contributed by atoms with van der Waals surface area (Å²) >= 11 is 1.67. The number of hydrogen-bond donors (Lipinski definition) is 1. The molecule has 1 aromatic heterocycles. The fourth-order valence-electron chi connectivity index (χ4n) is 4.58. The second kappa shape index (κ2) is 9.96. The summed E-state index contributed by atoms with van der Waals surface area (Å²) in [4.78, 5) is 14.0. The number of ether oxygens (including phenoxy) is 1. The fourth-order valence-corrected chi connectivity index (χ4v) is 4.99. The number of allylic oxidation sites excluding steroid dienone is 1. The summed E-state index contributed by atoms with van der Waals surface area (Å²) in [6, 6.07) is 24.6. The first-order chi connectivity index (χ1) is 17.5. The maximum absolute atomic E-state index is 12.8. The van der Waals surface area contributed by atoms with Crippen molar-refractivity contribution in [3.63, 3.8) is 0 Å². The molecule has 180 valence electrons. The van der Waals surface area contributed by atoms with Gasteiger partial charge in [0, 0.05) is 38.7 Å². The highest BCUT2D eigenvalue weighted by atomic mass is 32.2. The molecular formula is C31H27NO3S. The minimum atomic E-state index is -0.189. The van der Waals surface area contributed by atoms with Crippen LogP contribution < -0.4 is 10.1 Å².